The van der Waals surface area contributed by atoms with Gasteiger partial charge in [0, 0.05) is 23.9 Å². The van der Waals surface area contributed by atoms with Crippen LogP contribution in [0.2, 0.25) is 0 Å². The molecule has 0 saturated heterocycles. The lowest BCUT2D eigenvalue weighted by atomic mass is 10.1. The van der Waals surface area contributed by atoms with Crippen molar-refractivity contribution in [2.45, 2.75) is 0 Å². The van der Waals surface area contributed by atoms with Gasteiger partial charge >= 0.3 is 0 Å². The van der Waals surface area contributed by atoms with Crippen molar-refractivity contribution in [3.05, 3.63) is 41.7 Å². The molecular formula is C16H17FN2O4. The van der Waals surface area contributed by atoms with Crippen LogP contribution in [-0.4, -0.2) is 27.2 Å². The van der Waals surface area contributed by atoms with Crippen molar-refractivity contribution in [2.24, 2.45) is 0 Å². The van der Waals surface area contributed by atoms with Crippen LogP contribution in [0.1, 0.15) is 10.4 Å². The SMILES string of the molecule is COc1cc(N)c(C(=O)Nc2ccc(OC)c(F)c2)c(OC)c1. The highest BCUT2D eigenvalue weighted by Crippen LogP contribution is 2.31. The molecule has 23 heavy (non-hydrogen) atoms. The first-order valence-corrected chi connectivity index (χ1v) is 6.66. The maximum absolute atomic E-state index is 13.7. The summed E-state index contributed by atoms with van der Waals surface area (Å²) >= 11 is 0. The van der Waals surface area contributed by atoms with Gasteiger partial charge in [0.15, 0.2) is 11.6 Å². The summed E-state index contributed by atoms with van der Waals surface area (Å²) < 4.78 is 28.8. The van der Waals surface area contributed by atoms with Gasteiger partial charge in [-0.05, 0) is 12.1 Å². The van der Waals surface area contributed by atoms with Crippen LogP contribution in [-0.2, 0) is 0 Å². The molecule has 0 aromatic heterocycles. The van der Waals surface area contributed by atoms with Crippen LogP contribution >= 0.6 is 0 Å². The lowest BCUT2D eigenvalue weighted by Crippen LogP contribution is -2.15. The number of ether oxygens (including phenoxy) is 3. The molecular weight excluding hydrogens is 303 g/mol. The highest BCUT2D eigenvalue weighted by Gasteiger charge is 2.18. The Balaban J connectivity index is 2.32. The van der Waals surface area contributed by atoms with Gasteiger partial charge < -0.3 is 25.3 Å². The summed E-state index contributed by atoms with van der Waals surface area (Å²) in [5.41, 5.74) is 6.49. The molecule has 3 N–H and O–H groups in total. The lowest BCUT2D eigenvalue weighted by Gasteiger charge is -2.14. The molecule has 7 heteroatoms. The van der Waals surface area contributed by atoms with Crippen molar-refractivity contribution >= 4 is 17.3 Å². The smallest absolute Gasteiger partial charge is 0.261 e. The van der Waals surface area contributed by atoms with E-state index in [1.165, 1.54) is 39.5 Å². The lowest BCUT2D eigenvalue weighted by molar-refractivity contribution is 0.102. The number of halogens is 1. The molecule has 2 rings (SSSR count). The summed E-state index contributed by atoms with van der Waals surface area (Å²) in [7, 11) is 4.26. The van der Waals surface area contributed by atoms with Crippen LogP contribution in [0.3, 0.4) is 0 Å². The number of nitrogens with one attached hydrogen (secondary N) is 1. The molecule has 0 aliphatic heterocycles. The third-order valence-electron chi connectivity index (χ3n) is 3.20. The Morgan fingerprint density at radius 2 is 1.74 bits per heavy atom. The summed E-state index contributed by atoms with van der Waals surface area (Å²) in [5, 5.41) is 2.57. The van der Waals surface area contributed by atoms with E-state index in [1.807, 2.05) is 0 Å². The molecule has 2 aromatic rings. The van der Waals surface area contributed by atoms with E-state index in [4.69, 9.17) is 19.9 Å². The summed E-state index contributed by atoms with van der Waals surface area (Å²) in [5.74, 6) is -0.296. The number of rotatable bonds is 5. The Hall–Kier alpha value is -2.96. The molecule has 2 aromatic carbocycles. The molecule has 1 amide bonds. The van der Waals surface area contributed by atoms with Crippen LogP contribution in [0.5, 0.6) is 17.2 Å². The van der Waals surface area contributed by atoms with Crippen LogP contribution in [0.4, 0.5) is 15.8 Å². The number of nitrogen functional groups attached to an aromatic ring is 1. The van der Waals surface area contributed by atoms with Gasteiger partial charge in [-0.2, -0.15) is 0 Å². The molecule has 0 heterocycles. The van der Waals surface area contributed by atoms with Crippen LogP contribution < -0.4 is 25.3 Å². The maximum atomic E-state index is 13.7. The van der Waals surface area contributed by atoms with Crippen LogP contribution in [0, 0.1) is 5.82 Å². The maximum Gasteiger partial charge on any atom is 0.261 e. The molecule has 0 fully saturated rings. The van der Waals surface area contributed by atoms with E-state index in [2.05, 4.69) is 5.32 Å². The van der Waals surface area contributed by atoms with Gasteiger partial charge in [0.1, 0.15) is 17.1 Å². The zero-order valence-electron chi connectivity index (χ0n) is 13.0. The Labute approximate surface area is 133 Å². The second kappa shape index (κ2) is 6.87. The van der Waals surface area contributed by atoms with Crippen molar-refractivity contribution in [1.82, 2.24) is 0 Å². The molecule has 0 aliphatic rings. The summed E-state index contributed by atoms with van der Waals surface area (Å²) in [4.78, 5) is 12.4. The number of benzene rings is 2. The monoisotopic (exact) mass is 320 g/mol. The minimum atomic E-state index is -0.583. The molecule has 0 saturated carbocycles. The third-order valence-corrected chi connectivity index (χ3v) is 3.20. The first-order valence-electron chi connectivity index (χ1n) is 6.66. The number of hydrogen-bond donors (Lipinski definition) is 2. The first-order chi connectivity index (χ1) is 11.0. The standard InChI is InChI=1S/C16H17FN2O4/c1-21-10-7-12(18)15(14(8-10)23-3)16(20)19-9-4-5-13(22-2)11(17)6-9/h4-8H,18H2,1-3H3,(H,19,20). The minimum absolute atomic E-state index is 0.0875. The van der Waals surface area contributed by atoms with E-state index in [1.54, 1.807) is 6.07 Å². The molecule has 122 valence electrons. The Morgan fingerprint density at radius 1 is 1.04 bits per heavy atom. The van der Waals surface area contributed by atoms with Crippen molar-refractivity contribution in [2.75, 3.05) is 32.4 Å². The Bertz CT molecular complexity index is 734. The van der Waals surface area contributed by atoms with E-state index in [-0.39, 0.29) is 28.4 Å². The normalized spacial score (nSPS) is 10.1. The van der Waals surface area contributed by atoms with E-state index < -0.39 is 11.7 Å². The van der Waals surface area contributed by atoms with E-state index in [0.717, 1.165) is 6.07 Å². The quantitative estimate of drug-likeness (QED) is 0.828. The average molecular weight is 320 g/mol. The second-order valence-electron chi connectivity index (χ2n) is 4.60. The van der Waals surface area contributed by atoms with Gasteiger partial charge in [-0.15, -0.1) is 0 Å². The summed E-state index contributed by atoms with van der Waals surface area (Å²) in [6.45, 7) is 0. The van der Waals surface area contributed by atoms with Crippen molar-refractivity contribution < 1.29 is 23.4 Å². The highest BCUT2D eigenvalue weighted by atomic mass is 19.1. The van der Waals surface area contributed by atoms with E-state index >= 15 is 0 Å². The van der Waals surface area contributed by atoms with Gasteiger partial charge in [-0.25, -0.2) is 4.39 Å². The van der Waals surface area contributed by atoms with Gasteiger partial charge in [0.2, 0.25) is 0 Å². The van der Waals surface area contributed by atoms with Gasteiger partial charge in [0.25, 0.3) is 5.91 Å². The first kappa shape index (κ1) is 16.4. The van der Waals surface area contributed by atoms with Crippen LogP contribution in [0.25, 0.3) is 0 Å². The number of hydrogen-bond acceptors (Lipinski definition) is 5. The second-order valence-corrected chi connectivity index (χ2v) is 4.60. The predicted molar refractivity (Wildman–Crippen MR) is 84.9 cm³/mol. The number of amides is 1. The van der Waals surface area contributed by atoms with Crippen LogP contribution in [0.15, 0.2) is 30.3 Å². The molecule has 0 spiro atoms. The highest BCUT2D eigenvalue weighted by molar-refractivity contribution is 6.10. The summed E-state index contributed by atoms with van der Waals surface area (Å²) in [6.07, 6.45) is 0. The van der Waals surface area contributed by atoms with Gasteiger partial charge in [0.05, 0.1) is 27.0 Å². The number of methoxy groups -OCH3 is 3. The van der Waals surface area contributed by atoms with Crippen molar-refractivity contribution in [3.63, 3.8) is 0 Å². The third kappa shape index (κ3) is 3.45. The number of anilines is 2. The molecule has 6 nitrogen and oxygen atoms in total. The number of nitrogens with two attached hydrogens (primary N) is 1. The fourth-order valence-corrected chi connectivity index (χ4v) is 2.07. The Morgan fingerprint density at radius 3 is 2.30 bits per heavy atom. The van der Waals surface area contributed by atoms with E-state index in [9.17, 15) is 9.18 Å². The van der Waals surface area contributed by atoms with E-state index in [0.29, 0.717) is 5.75 Å². The Kier molecular flexibility index (Phi) is 4.90. The largest absolute Gasteiger partial charge is 0.497 e. The molecule has 0 radical (unpaired) electrons. The summed E-state index contributed by atoms with van der Waals surface area (Å²) in [6, 6.07) is 7.14. The number of carbonyl (C=O) groups is 1. The predicted octanol–water partition coefficient (Wildman–Crippen LogP) is 2.69. The number of carbonyl (C=O) groups excluding carboxylic acids is 1. The molecule has 0 bridgehead atoms. The van der Waals surface area contributed by atoms with Crippen molar-refractivity contribution in [1.29, 1.82) is 0 Å². The minimum Gasteiger partial charge on any atom is -0.497 e. The topological polar surface area (TPSA) is 82.8 Å². The fourth-order valence-electron chi connectivity index (χ4n) is 2.07. The van der Waals surface area contributed by atoms with Gasteiger partial charge in [-0.3, -0.25) is 4.79 Å². The fraction of sp³-hybridized carbons (Fsp3) is 0.188. The molecule has 0 aliphatic carbocycles. The molecule has 0 atom stereocenters. The van der Waals surface area contributed by atoms with Crippen molar-refractivity contribution in [3.8, 4) is 17.2 Å². The molecule has 0 unspecified atom stereocenters. The average Bonchev–Trinajstić information content (AvgIpc) is 2.53. The zero-order chi connectivity index (χ0) is 17.0. The zero-order valence-corrected chi connectivity index (χ0v) is 13.0. The van der Waals surface area contributed by atoms with Gasteiger partial charge in [-0.1, -0.05) is 0 Å².